The quantitative estimate of drug-likeness (QED) is 0.795. The van der Waals surface area contributed by atoms with Crippen molar-refractivity contribution in [3.63, 3.8) is 0 Å². The molecule has 0 atom stereocenters. The second kappa shape index (κ2) is 5.39. The molecule has 0 aliphatic carbocycles. The number of rotatable bonds is 5. The number of ether oxygens (including phenoxy) is 2. The highest BCUT2D eigenvalue weighted by Crippen LogP contribution is 2.27. The van der Waals surface area contributed by atoms with Gasteiger partial charge in [-0.2, -0.15) is 0 Å². The first-order valence-corrected chi connectivity index (χ1v) is 5.60. The zero-order valence-electron chi connectivity index (χ0n) is 10.3. The Kier molecular flexibility index (Phi) is 3.66. The summed E-state index contributed by atoms with van der Waals surface area (Å²) in [5.41, 5.74) is 0.560. The third kappa shape index (κ3) is 2.71. The van der Waals surface area contributed by atoms with E-state index in [4.69, 9.17) is 9.47 Å². The summed E-state index contributed by atoms with van der Waals surface area (Å²) in [6.45, 7) is 2.99. The van der Waals surface area contributed by atoms with Crippen molar-refractivity contribution in [2.24, 2.45) is 0 Å². The molecule has 0 aliphatic heterocycles. The van der Waals surface area contributed by atoms with Crippen LogP contribution in [0.1, 0.15) is 12.5 Å². The van der Waals surface area contributed by atoms with E-state index in [0.29, 0.717) is 24.7 Å². The van der Waals surface area contributed by atoms with Crippen LogP contribution in [0.25, 0.3) is 0 Å². The van der Waals surface area contributed by atoms with Gasteiger partial charge in [0, 0.05) is 5.56 Å². The fraction of sp³-hybridized carbons (Fsp3) is 0.333. The summed E-state index contributed by atoms with van der Waals surface area (Å²) in [6, 6.07) is 5.62. The number of aromatic nitrogens is 2. The molecule has 2 aromatic rings. The van der Waals surface area contributed by atoms with E-state index in [1.54, 1.807) is 11.8 Å². The lowest BCUT2D eigenvalue weighted by atomic mass is 10.2. The lowest BCUT2D eigenvalue weighted by molar-refractivity contribution is -0.754. The van der Waals surface area contributed by atoms with Crippen LogP contribution in [0, 0.1) is 0 Å². The van der Waals surface area contributed by atoms with Crippen molar-refractivity contribution in [3.05, 3.63) is 40.4 Å². The van der Waals surface area contributed by atoms with Crippen LogP contribution in [0.4, 0.5) is 0 Å². The van der Waals surface area contributed by atoms with Gasteiger partial charge in [0.25, 0.3) is 6.20 Å². The average Bonchev–Trinajstić information content (AvgIpc) is 2.77. The molecule has 1 N–H and O–H groups in total. The minimum Gasteiger partial charge on any atom is -0.493 e. The van der Waals surface area contributed by atoms with Gasteiger partial charge in [0.1, 0.15) is 0 Å². The predicted octanol–water partition coefficient (Wildman–Crippen LogP) is 0.711. The smallest absolute Gasteiger partial charge is 0.426 e. The monoisotopic (exact) mass is 251 g/mol. The molecule has 6 nitrogen and oxygen atoms in total. The van der Waals surface area contributed by atoms with Crippen molar-refractivity contribution in [2.45, 2.75) is 13.5 Å². The van der Waals surface area contributed by atoms with Crippen LogP contribution in [0.2, 0.25) is 0 Å². The van der Waals surface area contributed by atoms with Crippen LogP contribution in [0.3, 0.4) is 0 Å². The number of H-pyrrole nitrogens is 1. The number of benzene rings is 1. The zero-order chi connectivity index (χ0) is 13.0. The Morgan fingerprint density at radius 3 is 2.83 bits per heavy atom. The maximum atomic E-state index is 10.9. The fourth-order valence-electron chi connectivity index (χ4n) is 1.64. The summed E-state index contributed by atoms with van der Waals surface area (Å²) < 4.78 is 16.8. The Bertz CT molecular complexity index is 573. The standard InChI is InChI=1S/C12H14N2O4/c1-3-17-10-5-4-9(6-11(10)16-2)7-14-8-12(15)18-13-14/h4-6,8H,3,7H2,1-2H3/p+1. The van der Waals surface area contributed by atoms with Gasteiger partial charge >= 0.3 is 5.63 Å². The molecule has 0 saturated heterocycles. The highest BCUT2D eigenvalue weighted by atomic mass is 16.5. The summed E-state index contributed by atoms with van der Waals surface area (Å²) in [5.74, 6) is 1.37. The zero-order valence-corrected chi connectivity index (χ0v) is 10.3. The normalized spacial score (nSPS) is 10.3. The third-order valence-corrected chi connectivity index (χ3v) is 2.41. The largest absolute Gasteiger partial charge is 0.493 e. The molecule has 2 rings (SSSR count). The van der Waals surface area contributed by atoms with E-state index in [-0.39, 0.29) is 0 Å². The number of methoxy groups -OCH3 is 1. The second-order valence-corrected chi connectivity index (χ2v) is 3.69. The van der Waals surface area contributed by atoms with Crippen molar-refractivity contribution < 1.29 is 18.7 Å². The van der Waals surface area contributed by atoms with Crippen LogP contribution in [-0.4, -0.2) is 19.0 Å². The highest BCUT2D eigenvalue weighted by molar-refractivity contribution is 5.42. The summed E-state index contributed by atoms with van der Waals surface area (Å²) in [4.78, 5) is 10.9. The topological polar surface area (TPSA) is 68.3 Å². The summed E-state index contributed by atoms with van der Waals surface area (Å²) >= 11 is 0. The van der Waals surface area contributed by atoms with E-state index in [9.17, 15) is 4.79 Å². The van der Waals surface area contributed by atoms with Gasteiger partial charge in [-0.05, 0) is 30.4 Å². The predicted molar refractivity (Wildman–Crippen MR) is 62.8 cm³/mol. The summed E-state index contributed by atoms with van der Waals surface area (Å²) in [5, 5.41) is 2.49. The molecule has 1 aromatic heterocycles. The molecule has 18 heavy (non-hydrogen) atoms. The number of nitrogens with zero attached hydrogens (tertiary/aromatic N) is 1. The van der Waals surface area contributed by atoms with Crippen molar-refractivity contribution in [1.29, 1.82) is 0 Å². The van der Waals surface area contributed by atoms with Gasteiger partial charge in [-0.1, -0.05) is 4.68 Å². The number of nitrogens with one attached hydrogen (secondary N) is 1. The fourth-order valence-corrected chi connectivity index (χ4v) is 1.64. The number of hydrogen-bond acceptors (Lipinski definition) is 4. The van der Waals surface area contributed by atoms with Crippen LogP contribution < -0.4 is 19.8 Å². The van der Waals surface area contributed by atoms with Crippen LogP contribution in [0.5, 0.6) is 11.5 Å². The van der Waals surface area contributed by atoms with Crippen molar-refractivity contribution in [2.75, 3.05) is 13.7 Å². The molecule has 0 saturated carbocycles. The van der Waals surface area contributed by atoms with E-state index >= 15 is 0 Å². The van der Waals surface area contributed by atoms with E-state index < -0.39 is 5.63 Å². The SMILES string of the molecule is CCOc1ccc(C[n+]2cc(=O)o[nH]2)cc1OC. The Balaban J connectivity index is 2.21. The molecule has 0 fully saturated rings. The van der Waals surface area contributed by atoms with Gasteiger partial charge in [-0.25, -0.2) is 4.79 Å². The molecule has 96 valence electrons. The molecule has 0 amide bonds. The highest BCUT2D eigenvalue weighted by Gasteiger charge is 2.11. The van der Waals surface area contributed by atoms with Gasteiger partial charge < -0.3 is 9.47 Å². The van der Waals surface area contributed by atoms with Crippen molar-refractivity contribution in [3.8, 4) is 11.5 Å². The van der Waals surface area contributed by atoms with Crippen LogP contribution in [-0.2, 0) is 6.54 Å². The molecule has 0 aliphatic rings. The molecule has 6 heteroatoms. The molecule has 1 aromatic carbocycles. The van der Waals surface area contributed by atoms with Gasteiger partial charge in [0.15, 0.2) is 11.5 Å². The molecule has 1 heterocycles. The van der Waals surface area contributed by atoms with Crippen LogP contribution >= 0.6 is 0 Å². The van der Waals surface area contributed by atoms with Gasteiger partial charge in [0.2, 0.25) is 6.54 Å². The Hall–Kier alpha value is -2.24. The lowest BCUT2D eigenvalue weighted by Gasteiger charge is -2.09. The Morgan fingerprint density at radius 2 is 2.22 bits per heavy atom. The number of hydrogen-bond donors (Lipinski definition) is 1. The van der Waals surface area contributed by atoms with E-state index in [0.717, 1.165) is 5.56 Å². The Morgan fingerprint density at radius 1 is 1.39 bits per heavy atom. The number of aromatic amines is 1. The minimum absolute atomic E-state index is 0.409. The maximum Gasteiger partial charge on any atom is 0.426 e. The minimum atomic E-state index is -0.409. The van der Waals surface area contributed by atoms with E-state index in [2.05, 4.69) is 9.79 Å². The molecule has 0 spiro atoms. The first kappa shape index (κ1) is 12.2. The summed E-state index contributed by atoms with van der Waals surface area (Å²) in [7, 11) is 1.59. The van der Waals surface area contributed by atoms with Gasteiger partial charge in [0.05, 0.1) is 13.7 Å². The Labute approximate surface area is 104 Å². The molecule has 0 unspecified atom stereocenters. The molecular weight excluding hydrogens is 236 g/mol. The summed E-state index contributed by atoms with van der Waals surface area (Å²) in [6.07, 6.45) is 1.35. The molecular formula is C12H15N2O4+. The first-order chi connectivity index (χ1) is 8.72. The van der Waals surface area contributed by atoms with Gasteiger partial charge in [-0.15, -0.1) is 0 Å². The molecule has 0 radical (unpaired) electrons. The maximum absolute atomic E-state index is 10.9. The van der Waals surface area contributed by atoms with E-state index in [1.807, 2.05) is 25.1 Å². The van der Waals surface area contributed by atoms with Crippen molar-refractivity contribution in [1.82, 2.24) is 5.27 Å². The van der Waals surface area contributed by atoms with E-state index in [1.165, 1.54) is 6.20 Å². The third-order valence-electron chi connectivity index (χ3n) is 2.41. The van der Waals surface area contributed by atoms with Crippen LogP contribution in [0.15, 0.2) is 33.7 Å². The first-order valence-electron chi connectivity index (χ1n) is 5.60. The lowest BCUT2D eigenvalue weighted by Crippen LogP contribution is -2.35. The second-order valence-electron chi connectivity index (χ2n) is 3.69. The average molecular weight is 251 g/mol. The van der Waals surface area contributed by atoms with Gasteiger partial charge in [-0.3, -0.25) is 4.52 Å². The molecule has 0 bridgehead atoms. The van der Waals surface area contributed by atoms with Crippen molar-refractivity contribution >= 4 is 0 Å².